The number of carbonyl (C=O) groups is 1. The van der Waals surface area contributed by atoms with Crippen LogP contribution in [0.2, 0.25) is 0 Å². The Balaban J connectivity index is 1.47. The second kappa shape index (κ2) is 11.6. The molecule has 1 aliphatic heterocycles. The fraction of sp³-hybridized carbons (Fsp3) is 0.321. The molecular formula is C28H32N2O4S. The lowest BCUT2D eigenvalue weighted by Crippen LogP contribution is -2.44. The number of para-hydroxylation sites is 1. The molecule has 0 saturated carbocycles. The molecule has 35 heavy (non-hydrogen) atoms. The first kappa shape index (κ1) is 25.1. The normalized spacial score (nSPS) is 17.7. The van der Waals surface area contributed by atoms with E-state index in [1.54, 1.807) is 19.1 Å². The Kier molecular flexibility index (Phi) is 8.33. The van der Waals surface area contributed by atoms with Crippen molar-refractivity contribution in [3.05, 3.63) is 83.9 Å². The summed E-state index contributed by atoms with van der Waals surface area (Å²) in [4.78, 5) is 18.4. The number of benzene rings is 3. The summed E-state index contributed by atoms with van der Waals surface area (Å²) in [5.74, 6) is 1.33. The van der Waals surface area contributed by atoms with Crippen molar-refractivity contribution in [2.45, 2.75) is 22.7 Å². The topological polar surface area (TPSA) is 62.2 Å². The third-order valence-electron chi connectivity index (χ3n) is 6.28. The standard InChI is InChI=1S/C28H32N2O4S/c1-29(16-15-20-7-6-8-23(19-20)34-3)17-18-30-24-9-4-5-10-25(24)35-27(26(31)28(30)32)21-11-13-22(33-2)14-12-21/h4-14,19,26-27,31H,15-18H2,1-3H3/t26-,27+/m1/s1. The highest BCUT2D eigenvalue weighted by Gasteiger charge is 2.37. The minimum atomic E-state index is -1.15. The van der Waals surface area contributed by atoms with Crippen LogP contribution in [-0.2, 0) is 11.2 Å². The maximum absolute atomic E-state index is 13.5. The number of hydrogen-bond donors (Lipinski definition) is 1. The van der Waals surface area contributed by atoms with E-state index in [1.807, 2.05) is 60.7 Å². The summed E-state index contributed by atoms with van der Waals surface area (Å²) in [5, 5.41) is 10.7. The van der Waals surface area contributed by atoms with Crippen LogP contribution in [-0.4, -0.2) is 62.9 Å². The number of amides is 1. The fourth-order valence-electron chi connectivity index (χ4n) is 4.19. The Morgan fingerprint density at radius 2 is 1.69 bits per heavy atom. The number of ether oxygens (including phenoxy) is 2. The van der Waals surface area contributed by atoms with Gasteiger partial charge in [-0.15, -0.1) is 11.8 Å². The highest BCUT2D eigenvalue weighted by molar-refractivity contribution is 7.99. The second-order valence-electron chi connectivity index (χ2n) is 8.62. The van der Waals surface area contributed by atoms with Gasteiger partial charge < -0.3 is 24.4 Å². The largest absolute Gasteiger partial charge is 0.497 e. The number of methoxy groups -OCH3 is 2. The van der Waals surface area contributed by atoms with Gasteiger partial charge in [0.1, 0.15) is 17.6 Å². The first-order chi connectivity index (χ1) is 17.0. The molecule has 1 amide bonds. The molecule has 0 spiro atoms. The smallest absolute Gasteiger partial charge is 0.257 e. The SMILES string of the molecule is COc1ccc([C@@H]2Sc3ccccc3N(CCN(C)CCc3cccc(OC)c3)C(=O)[C@@H]2O)cc1. The van der Waals surface area contributed by atoms with Crippen LogP contribution in [0.5, 0.6) is 11.5 Å². The van der Waals surface area contributed by atoms with Crippen LogP contribution >= 0.6 is 11.8 Å². The van der Waals surface area contributed by atoms with E-state index < -0.39 is 11.4 Å². The summed E-state index contributed by atoms with van der Waals surface area (Å²) >= 11 is 1.53. The van der Waals surface area contributed by atoms with Crippen molar-refractivity contribution in [2.75, 3.05) is 45.8 Å². The number of hydrogen-bond acceptors (Lipinski definition) is 6. The molecule has 1 N–H and O–H groups in total. The van der Waals surface area contributed by atoms with Crippen LogP contribution in [0, 0.1) is 0 Å². The molecule has 6 nitrogen and oxygen atoms in total. The van der Waals surface area contributed by atoms with Crippen molar-refractivity contribution in [2.24, 2.45) is 0 Å². The van der Waals surface area contributed by atoms with Gasteiger partial charge in [0.2, 0.25) is 0 Å². The molecule has 0 unspecified atom stereocenters. The predicted molar refractivity (Wildman–Crippen MR) is 141 cm³/mol. The van der Waals surface area contributed by atoms with E-state index in [0.717, 1.165) is 40.6 Å². The van der Waals surface area contributed by atoms with Crippen molar-refractivity contribution in [1.29, 1.82) is 0 Å². The number of carbonyl (C=O) groups excluding carboxylic acids is 1. The number of thioether (sulfide) groups is 1. The number of anilines is 1. The molecule has 0 radical (unpaired) electrons. The summed E-state index contributed by atoms with van der Waals surface area (Å²) in [5.41, 5.74) is 2.95. The first-order valence-corrected chi connectivity index (χ1v) is 12.6. The zero-order valence-corrected chi connectivity index (χ0v) is 21.2. The van der Waals surface area contributed by atoms with Crippen LogP contribution in [0.1, 0.15) is 16.4 Å². The van der Waals surface area contributed by atoms with Crippen molar-refractivity contribution in [1.82, 2.24) is 4.90 Å². The van der Waals surface area contributed by atoms with Crippen molar-refractivity contribution in [3.8, 4) is 11.5 Å². The van der Waals surface area contributed by atoms with Gasteiger partial charge in [0, 0.05) is 24.5 Å². The molecule has 1 heterocycles. The minimum absolute atomic E-state index is 0.274. The fourth-order valence-corrected chi connectivity index (χ4v) is 5.46. The van der Waals surface area contributed by atoms with Gasteiger partial charge in [0.15, 0.2) is 0 Å². The van der Waals surface area contributed by atoms with Gasteiger partial charge >= 0.3 is 0 Å². The average Bonchev–Trinajstić information content (AvgIpc) is 3.00. The number of nitrogens with zero attached hydrogens (tertiary/aromatic N) is 2. The maximum atomic E-state index is 13.5. The molecule has 0 fully saturated rings. The molecule has 4 rings (SSSR count). The van der Waals surface area contributed by atoms with Crippen molar-refractivity contribution < 1.29 is 19.4 Å². The van der Waals surface area contributed by atoms with Crippen LogP contribution in [0.3, 0.4) is 0 Å². The number of fused-ring (bicyclic) bond motifs is 1. The molecule has 1 aliphatic rings. The van der Waals surface area contributed by atoms with Crippen LogP contribution in [0.25, 0.3) is 0 Å². The maximum Gasteiger partial charge on any atom is 0.257 e. The molecule has 3 aromatic rings. The van der Waals surface area contributed by atoms with E-state index in [-0.39, 0.29) is 5.91 Å². The molecule has 7 heteroatoms. The molecular weight excluding hydrogens is 460 g/mol. The molecule has 0 saturated heterocycles. The number of likely N-dealkylation sites (N-methyl/N-ethyl adjacent to an activating group) is 1. The Morgan fingerprint density at radius 1 is 0.943 bits per heavy atom. The lowest BCUT2D eigenvalue weighted by molar-refractivity contribution is -0.126. The van der Waals surface area contributed by atoms with E-state index in [1.165, 1.54) is 17.3 Å². The second-order valence-corrected chi connectivity index (χ2v) is 9.80. The summed E-state index contributed by atoms with van der Waals surface area (Å²) in [7, 11) is 5.35. The third-order valence-corrected chi connectivity index (χ3v) is 7.66. The van der Waals surface area contributed by atoms with Crippen LogP contribution in [0.15, 0.2) is 77.7 Å². The van der Waals surface area contributed by atoms with Gasteiger partial charge in [0.05, 0.1) is 25.2 Å². The Hall–Kier alpha value is -3.00. The zero-order chi connectivity index (χ0) is 24.8. The number of rotatable bonds is 9. The van der Waals surface area contributed by atoms with Crippen LogP contribution in [0.4, 0.5) is 5.69 Å². The van der Waals surface area contributed by atoms with E-state index in [2.05, 4.69) is 24.1 Å². The predicted octanol–water partition coefficient (Wildman–Crippen LogP) is 4.42. The zero-order valence-electron chi connectivity index (χ0n) is 20.4. The lowest BCUT2D eigenvalue weighted by Gasteiger charge is -2.27. The Morgan fingerprint density at radius 3 is 2.43 bits per heavy atom. The molecule has 0 aromatic heterocycles. The average molecular weight is 493 g/mol. The van der Waals surface area contributed by atoms with Gasteiger partial charge in [-0.05, 0) is 61.0 Å². The van der Waals surface area contributed by atoms with Crippen molar-refractivity contribution in [3.63, 3.8) is 0 Å². The van der Waals surface area contributed by atoms with Crippen molar-refractivity contribution >= 4 is 23.4 Å². The first-order valence-electron chi connectivity index (χ1n) is 11.7. The number of aliphatic hydroxyl groups excluding tert-OH is 1. The lowest BCUT2D eigenvalue weighted by atomic mass is 10.1. The summed E-state index contributed by atoms with van der Waals surface area (Å²) < 4.78 is 10.6. The van der Waals surface area contributed by atoms with E-state index >= 15 is 0 Å². The van der Waals surface area contributed by atoms with Gasteiger partial charge in [-0.2, -0.15) is 0 Å². The molecule has 0 aliphatic carbocycles. The molecule has 3 aromatic carbocycles. The highest BCUT2D eigenvalue weighted by atomic mass is 32.2. The summed E-state index contributed by atoms with van der Waals surface area (Å²) in [6.07, 6.45) is -0.265. The van der Waals surface area contributed by atoms with Crippen LogP contribution < -0.4 is 14.4 Å². The van der Waals surface area contributed by atoms with Gasteiger partial charge in [-0.1, -0.05) is 36.4 Å². The summed E-state index contributed by atoms with van der Waals surface area (Å²) in [6, 6.07) is 23.5. The quantitative estimate of drug-likeness (QED) is 0.477. The molecule has 184 valence electrons. The van der Waals surface area contributed by atoms with E-state index in [9.17, 15) is 9.90 Å². The molecule has 2 atom stereocenters. The highest BCUT2D eigenvalue weighted by Crippen LogP contribution is 2.45. The minimum Gasteiger partial charge on any atom is -0.497 e. The number of aliphatic hydroxyl groups is 1. The third kappa shape index (κ3) is 5.99. The monoisotopic (exact) mass is 492 g/mol. The van der Waals surface area contributed by atoms with E-state index in [4.69, 9.17) is 9.47 Å². The van der Waals surface area contributed by atoms with Gasteiger partial charge in [0.25, 0.3) is 5.91 Å². The molecule has 0 bridgehead atoms. The van der Waals surface area contributed by atoms with Gasteiger partial charge in [-0.3, -0.25) is 4.79 Å². The van der Waals surface area contributed by atoms with E-state index in [0.29, 0.717) is 13.1 Å². The summed E-state index contributed by atoms with van der Waals surface area (Å²) in [6.45, 7) is 2.04. The Bertz CT molecular complexity index is 1140. The van der Waals surface area contributed by atoms with Gasteiger partial charge in [-0.25, -0.2) is 0 Å². The Labute approximate surface area is 211 Å².